The highest BCUT2D eigenvalue weighted by Crippen LogP contribution is 2.31. The average Bonchev–Trinajstić information content (AvgIpc) is 3.05. The van der Waals surface area contributed by atoms with E-state index in [1.54, 1.807) is 11.0 Å². The highest BCUT2D eigenvalue weighted by molar-refractivity contribution is 9.11. The molecule has 0 radical (unpaired) electrons. The summed E-state index contributed by atoms with van der Waals surface area (Å²) >= 11 is 4.91. The van der Waals surface area contributed by atoms with Gasteiger partial charge in [-0.1, -0.05) is 0 Å². The van der Waals surface area contributed by atoms with Gasteiger partial charge in [-0.05, 0) is 40.7 Å². The predicted molar refractivity (Wildman–Crippen MR) is 82.8 cm³/mol. The molecule has 1 unspecified atom stereocenters. The zero-order valence-electron chi connectivity index (χ0n) is 11.0. The van der Waals surface area contributed by atoms with Crippen molar-refractivity contribution in [2.24, 2.45) is 0 Å². The molecule has 1 fully saturated rings. The van der Waals surface area contributed by atoms with Gasteiger partial charge >= 0.3 is 0 Å². The van der Waals surface area contributed by atoms with Crippen LogP contribution >= 0.6 is 27.3 Å². The molecule has 0 amide bonds. The fourth-order valence-corrected chi connectivity index (χ4v) is 4.06. The van der Waals surface area contributed by atoms with E-state index in [0.717, 1.165) is 40.0 Å². The third-order valence-electron chi connectivity index (χ3n) is 3.38. The monoisotopic (exact) mass is 350 g/mol. The molecule has 20 heavy (non-hydrogen) atoms. The molecule has 3 heterocycles. The van der Waals surface area contributed by atoms with E-state index >= 15 is 0 Å². The molecular weight excluding hydrogens is 339 g/mol. The molecular formula is C12H12BBrN4OS. The molecule has 5 nitrogen and oxygen atoms in total. The largest absolute Gasteiger partial charge is 0.356 e. The second-order valence-electron chi connectivity index (χ2n) is 4.69. The highest BCUT2D eigenvalue weighted by Gasteiger charge is 2.20. The second-order valence-corrected chi connectivity index (χ2v) is 7.02. The number of halogens is 1. The molecule has 1 atom stereocenters. The van der Waals surface area contributed by atoms with E-state index in [-0.39, 0.29) is 6.23 Å². The van der Waals surface area contributed by atoms with Crippen molar-refractivity contribution in [2.75, 3.05) is 6.61 Å². The maximum Gasteiger partial charge on any atom is 0.190 e. The summed E-state index contributed by atoms with van der Waals surface area (Å²) in [4.78, 5) is 5.30. The van der Waals surface area contributed by atoms with Crippen LogP contribution in [0.15, 0.2) is 10.1 Å². The van der Waals surface area contributed by atoms with Gasteiger partial charge < -0.3 is 4.74 Å². The first kappa shape index (κ1) is 13.8. The normalized spacial score (nSPS) is 18.9. The Kier molecular flexibility index (Phi) is 3.92. The number of hydrogen-bond donors (Lipinski definition) is 0. The zero-order chi connectivity index (χ0) is 14.1. The predicted octanol–water partition coefficient (Wildman–Crippen LogP) is 1.60. The number of nitriles is 1. The number of nitrogens with zero attached hydrogens (tertiary/aromatic N) is 4. The summed E-state index contributed by atoms with van der Waals surface area (Å²) in [6, 6.07) is 2.20. The van der Waals surface area contributed by atoms with Crippen molar-refractivity contribution in [3.8, 4) is 16.8 Å². The van der Waals surface area contributed by atoms with Gasteiger partial charge in [-0.3, -0.25) is 0 Å². The van der Waals surface area contributed by atoms with Gasteiger partial charge in [0.2, 0.25) is 0 Å². The molecule has 8 heteroatoms. The van der Waals surface area contributed by atoms with E-state index in [1.165, 1.54) is 11.3 Å². The maximum absolute atomic E-state index is 9.13. The Balaban J connectivity index is 1.92. The molecule has 0 spiro atoms. The van der Waals surface area contributed by atoms with Gasteiger partial charge in [0.05, 0.1) is 14.2 Å². The Bertz CT molecular complexity index is 672. The van der Waals surface area contributed by atoms with Crippen LogP contribution in [0.25, 0.3) is 10.7 Å². The number of rotatable bonds is 2. The number of thiophene rings is 1. The van der Waals surface area contributed by atoms with Gasteiger partial charge in [0.15, 0.2) is 12.1 Å². The van der Waals surface area contributed by atoms with Crippen LogP contribution in [-0.4, -0.2) is 29.2 Å². The lowest BCUT2D eigenvalue weighted by atomic mass is 9.92. The Morgan fingerprint density at radius 3 is 3.05 bits per heavy atom. The molecule has 1 aliphatic heterocycles. The number of ether oxygens (including phenoxy) is 1. The fraction of sp³-hybridized carbons (Fsp3) is 0.417. The van der Waals surface area contributed by atoms with Gasteiger partial charge in [-0.25, -0.2) is 9.67 Å². The van der Waals surface area contributed by atoms with Gasteiger partial charge in [0.25, 0.3) is 0 Å². The van der Waals surface area contributed by atoms with Crippen LogP contribution in [0.3, 0.4) is 0 Å². The molecule has 2 aromatic heterocycles. The average molecular weight is 351 g/mol. The molecule has 0 bridgehead atoms. The molecule has 2 aromatic rings. The summed E-state index contributed by atoms with van der Waals surface area (Å²) in [5, 5.41) is 13.6. The van der Waals surface area contributed by atoms with Crippen molar-refractivity contribution < 1.29 is 4.74 Å². The number of aromatic nitrogens is 3. The van der Waals surface area contributed by atoms with E-state index in [9.17, 15) is 0 Å². The Morgan fingerprint density at radius 1 is 1.55 bits per heavy atom. The van der Waals surface area contributed by atoms with Crippen LogP contribution in [0.2, 0.25) is 0 Å². The lowest BCUT2D eigenvalue weighted by molar-refractivity contribution is -0.0395. The van der Waals surface area contributed by atoms with Crippen LogP contribution in [0.5, 0.6) is 0 Å². The van der Waals surface area contributed by atoms with Crippen molar-refractivity contribution in [1.82, 2.24) is 14.8 Å². The minimum atomic E-state index is -0.0100. The molecule has 0 aliphatic carbocycles. The summed E-state index contributed by atoms with van der Waals surface area (Å²) in [6.45, 7) is 0.780. The summed E-state index contributed by atoms with van der Waals surface area (Å²) < 4.78 is 8.31. The van der Waals surface area contributed by atoms with Gasteiger partial charge in [0, 0.05) is 6.61 Å². The van der Waals surface area contributed by atoms with Crippen LogP contribution in [0, 0.1) is 11.3 Å². The summed E-state index contributed by atoms with van der Waals surface area (Å²) in [5.41, 5.74) is 1.59. The van der Waals surface area contributed by atoms with Gasteiger partial charge in [0.1, 0.15) is 20.2 Å². The Hall–Kier alpha value is -1.17. The molecule has 0 aromatic carbocycles. The van der Waals surface area contributed by atoms with E-state index in [4.69, 9.17) is 10.00 Å². The summed E-state index contributed by atoms with van der Waals surface area (Å²) in [6.07, 6.45) is 4.94. The standard InChI is InChI=1S/C12H12BBrN4OS/c13-9-7(5-15)11(14)20-10(9)12-16-6-18(17-12)8-3-1-2-4-19-8/h6,8H,1-4,13H2. The molecule has 0 N–H and O–H groups in total. The van der Waals surface area contributed by atoms with E-state index < -0.39 is 0 Å². The maximum atomic E-state index is 9.13. The van der Waals surface area contributed by atoms with Crippen LogP contribution in [0.4, 0.5) is 0 Å². The molecule has 3 rings (SSSR count). The van der Waals surface area contributed by atoms with Crippen LogP contribution in [-0.2, 0) is 4.74 Å². The van der Waals surface area contributed by atoms with Crippen LogP contribution < -0.4 is 5.46 Å². The van der Waals surface area contributed by atoms with E-state index in [2.05, 4.69) is 32.1 Å². The first-order chi connectivity index (χ1) is 9.70. The SMILES string of the molecule is Bc1c(-c2ncn(C3CCCCO3)n2)sc(Br)c1C#N. The van der Waals surface area contributed by atoms with Crippen molar-refractivity contribution in [2.45, 2.75) is 25.5 Å². The lowest BCUT2D eigenvalue weighted by Gasteiger charge is -2.21. The summed E-state index contributed by atoms with van der Waals surface area (Å²) in [7, 11) is 1.92. The van der Waals surface area contributed by atoms with Gasteiger partial charge in [-0.15, -0.1) is 16.4 Å². The van der Waals surface area contributed by atoms with Crippen molar-refractivity contribution in [3.63, 3.8) is 0 Å². The summed E-state index contributed by atoms with van der Waals surface area (Å²) in [5.74, 6) is 0.656. The topological polar surface area (TPSA) is 63.7 Å². The molecule has 1 saturated heterocycles. The first-order valence-electron chi connectivity index (χ1n) is 6.43. The molecule has 102 valence electrons. The molecule has 0 saturated carbocycles. The zero-order valence-corrected chi connectivity index (χ0v) is 13.4. The Morgan fingerprint density at radius 2 is 2.40 bits per heavy atom. The third-order valence-corrected chi connectivity index (χ3v) is 5.34. The quantitative estimate of drug-likeness (QED) is 0.772. The van der Waals surface area contributed by atoms with Gasteiger partial charge in [-0.2, -0.15) is 5.26 Å². The highest BCUT2D eigenvalue weighted by atomic mass is 79.9. The Labute approximate surface area is 130 Å². The lowest BCUT2D eigenvalue weighted by Crippen LogP contribution is -2.18. The first-order valence-corrected chi connectivity index (χ1v) is 8.03. The van der Waals surface area contributed by atoms with E-state index in [0.29, 0.717) is 11.4 Å². The van der Waals surface area contributed by atoms with Crippen molar-refractivity contribution >= 4 is 40.6 Å². The third kappa shape index (κ3) is 2.41. The minimum absolute atomic E-state index is 0.0100. The molecule has 1 aliphatic rings. The van der Waals surface area contributed by atoms with Crippen molar-refractivity contribution in [3.05, 3.63) is 15.7 Å². The smallest absolute Gasteiger partial charge is 0.190 e. The van der Waals surface area contributed by atoms with E-state index in [1.807, 2.05) is 7.85 Å². The van der Waals surface area contributed by atoms with Crippen molar-refractivity contribution in [1.29, 1.82) is 5.26 Å². The number of hydrogen-bond acceptors (Lipinski definition) is 5. The second kappa shape index (κ2) is 5.68. The minimum Gasteiger partial charge on any atom is -0.356 e. The van der Waals surface area contributed by atoms with Crippen LogP contribution in [0.1, 0.15) is 31.1 Å². The fourth-order valence-electron chi connectivity index (χ4n) is 2.27.